The smallest absolute Gasteiger partial charge is 0.410 e. The quantitative estimate of drug-likeness (QED) is 0.640. The molecule has 0 aromatic carbocycles. The predicted octanol–water partition coefficient (Wildman–Crippen LogP) is 2.57. The van der Waals surface area contributed by atoms with Gasteiger partial charge in [0.1, 0.15) is 5.60 Å². The second-order valence-electron chi connectivity index (χ2n) is 6.50. The Morgan fingerprint density at radius 1 is 1.41 bits per heavy atom. The number of ether oxygens (including phenoxy) is 1. The van der Waals surface area contributed by atoms with Gasteiger partial charge >= 0.3 is 6.09 Å². The van der Waals surface area contributed by atoms with Crippen LogP contribution in [-0.2, 0) is 4.74 Å². The zero-order valence-corrected chi connectivity index (χ0v) is 12.9. The van der Waals surface area contributed by atoms with E-state index in [4.69, 9.17) is 4.74 Å². The number of rotatable bonds is 1. The molecule has 1 saturated heterocycles. The molecule has 0 saturated carbocycles. The van der Waals surface area contributed by atoms with Crippen molar-refractivity contribution in [2.24, 2.45) is 0 Å². The summed E-state index contributed by atoms with van der Waals surface area (Å²) in [7, 11) is 0. The monoisotopic (exact) mass is 315 g/mol. The number of alkyl halides is 2. The van der Waals surface area contributed by atoms with Gasteiger partial charge in [-0.25, -0.2) is 13.6 Å². The molecule has 1 aromatic heterocycles. The van der Waals surface area contributed by atoms with Crippen LogP contribution in [0.4, 0.5) is 13.6 Å². The van der Waals surface area contributed by atoms with E-state index >= 15 is 0 Å². The van der Waals surface area contributed by atoms with Crippen molar-refractivity contribution in [1.29, 1.82) is 0 Å². The van der Waals surface area contributed by atoms with Gasteiger partial charge in [-0.15, -0.1) is 0 Å². The van der Waals surface area contributed by atoms with E-state index < -0.39 is 30.0 Å². The summed E-state index contributed by atoms with van der Waals surface area (Å²) >= 11 is 0. The highest BCUT2D eigenvalue weighted by atomic mass is 19.3. The van der Waals surface area contributed by atoms with Crippen LogP contribution in [0.25, 0.3) is 0 Å². The molecule has 22 heavy (non-hydrogen) atoms. The van der Waals surface area contributed by atoms with E-state index in [9.17, 15) is 18.8 Å². The summed E-state index contributed by atoms with van der Waals surface area (Å²) < 4.78 is 34.4. The van der Waals surface area contributed by atoms with Crippen molar-refractivity contribution in [3.05, 3.63) is 30.1 Å². The maximum absolute atomic E-state index is 14.2. The van der Waals surface area contributed by atoms with Gasteiger partial charge in [-0.05, 0) is 26.3 Å². The lowest BCUT2D eigenvalue weighted by atomic mass is 9.88. The highest BCUT2D eigenvalue weighted by Gasteiger charge is 2.46. The second-order valence-corrected chi connectivity index (χ2v) is 6.50. The Bertz CT molecular complexity index is 541. The number of halogens is 2. The molecule has 2 heterocycles. The predicted molar refractivity (Wildman–Crippen MR) is 73.9 cm³/mol. The van der Waals surface area contributed by atoms with E-state index in [2.05, 4.69) is 0 Å². The van der Waals surface area contributed by atoms with Crippen molar-refractivity contribution in [3.63, 3.8) is 0 Å². The van der Waals surface area contributed by atoms with Gasteiger partial charge in [0.25, 0.3) is 5.92 Å². The van der Waals surface area contributed by atoms with Gasteiger partial charge in [-0.2, -0.15) is 0 Å². The van der Waals surface area contributed by atoms with Gasteiger partial charge in [-0.1, -0.05) is 0 Å². The molecule has 7 heteroatoms. The molecule has 1 aliphatic rings. The highest BCUT2D eigenvalue weighted by molar-refractivity contribution is 5.68. The second kappa shape index (κ2) is 5.70. The molecule has 0 spiro atoms. The van der Waals surface area contributed by atoms with Crippen LogP contribution in [0.1, 0.15) is 38.7 Å². The van der Waals surface area contributed by atoms with E-state index in [1.54, 1.807) is 20.8 Å². The number of hydrogen-bond acceptors (Lipinski definition) is 3. The van der Waals surface area contributed by atoms with Crippen molar-refractivity contribution in [2.75, 3.05) is 13.1 Å². The van der Waals surface area contributed by atoms with Crippen molar-refractivity contribution in [3.8, 4) is 0 Å². The minimum Gasteiger partial charge on any atom is -0.444 e. The van der Waals surface area contributed by atoms with E-state index in [1.165, 1.54) is 29.4 Å². The van der Waals surface area contributed by atoms with Crippen LogP contribution < -0.4 is 4.73 Å². The van der Waals surface area contributed by atoms with E-state index in [1.807, 2.05) is 0 Å². The summed E-state index contributed by atoms with van der Waals surface area (Å²) in [6, 6.07) is 2.86. The fourth-order valence-corrected chi connectivity index (χ4v) is 2.41. The molecule has 1 aromatic rings. The summed E-state index contributed by atoms with van der Waals surface area (Å²) in [5.74, 6) is -4.02. The number of piperidine rings is 1. The number of pyridine rings is 1. The normalized spacial score (nSPS) is 21.5. The van der Waals surface area contributed by atoms with Gasteiger partial charge in [0.05, 0.1) is 5.92 Å². The van der Waals surface area contributed by atoms with Gasteiger partial charge in [0.15, 0.2) is 0 Å². The molecular formula is C15H21F2N2O3+. The Morgan fingerprint density at radius 3 is 2.55 bits per heavy atom. The van der Waals surface area contributed by atoms with E-state index in [0.29, 0.717) is 5.56 Å². The van der Waals surface area contributed by atoms with Crippen molar-refractivity contribution < 1.29 is 28.2 Å². The molecule has 0 radical (unpaired) electrons. The molecule has 122 valence electrons. The van der Waals surface area contributed by atoms with Crippen LogP contribution >= 0.6 is 0 Å². The van der Waals surface area contributed by atoms with Gasteiger partial charge < -0.3 is 9.64 Å². The number of aromatic nitrogens is 1. The molecule has 0 aliphatic carbocycles. The number of amides is 1. The number of likely N-dealkylation sites (tertiary alicyclic amines) is 1. The topological polar surface area (TPSA) is 53.7 Å². The Balaban J connectivity index is 2.17. The zero-order chi connectivity index (χ0) is 16.5. The van der Waals surface area contributed by atoms with Crippen LogP contribution in [0, 0.1) is 0 Å². The van der Waals surface area contributed by atoms with Crippen LogP contribution in [0.2, 0.25) is 0 Å². The van der Waals surface area contributed by atoms with E-state index in [0.717, 1.165) is 4.73 Å². The fraction of sp³-hybridized carbons (Fsp3) is 0.600. The first kappa shape index (κ1) is 16.5. The summed E-state index contributed by atoms with van der Waals surface area (Å²) in [6.07, 6.45) is 1.58. The van der Waals surface area contributed by atoms with Crippen LogP contribution in [0.15, 0.2) is 24.5 Å². The molecular weight excluding hydrogens is 294 g/mol. The lowest BCUT2D eigenvalue weighted by molar-refractivity contribution is -0.904. The van der Waals surface area contributed by atoms with Gasteiger partial charge in [-0.3, -0.25) is 5.21 Å². The summed E-state index contributed by atoms with van der Waals surface area (Å²) in [4.78, 5) is 13.4. The Morgan fingerprint density at radius 2 is 2.00 bits per heavy atom. The summed E-state index contributed by atoms with van der Waals surface area (Å²) in [6.45, 7) is 5.05. The standard InChI is InChI=1S/C15H21F2N2O3/c1-14(2,3)22-13(20)18-9-6-15(16,17)12(10-18)11-4-7-19(21)8-5-11/h4-5,7-8,12,21H,6,9-10H2,1-3H3/q+1. The molecule has 1 fully saturated rings. The third kappa shape index (κ3) is 3.84. The first-order valence-electron chi connectivity index (χ1n) is 7.15. The summed E-state index contributed by atoms with van der Waals surface area (Å²) in [5, 5.41) is 9.20. The number of nitrogens with zero attached hydrogens (tertiary/aromatic N) is 2. The molecule has 1 aliphatic heterocycles. The fourth-order valence-electron chi connectivity index (χ4n) is 2.41. The molecule has 1 N–H and O–H groups in total. The first-order valence-corrected chi connectivity index (χ1v) is 7.15. The highest BCUT2D eigenvalue weighted by Crippen LogP contribution is 2.40. The van der Waals surface area contributed by atoms with Gasteiger partial charge in [0.2, 0.25) is 12.4 Å². The third-order valence-corrected chi connectivity index (χ3v) is 3.52. The molecule has 2 rings (SSSR count). The Hall–Kier alpha value is -1.92. The minimum absolute atomic E-state index is 0.0365. The SMILES string of the molecule is CC(C)(C)OC(=O)N1CCC(F)(F)C(c2cc[n+](O)cc2)C1. The van der Waals surface area contributed by atoms with Crippen molar-refractivity contribution >= 4 is 6.09 Å². The van der Waals surface area contributed by atoms with Crippen molar-refractivity contribution in [1.82, 2.24) is 4.90 Å². The molecule has 1 amide bonds. The lowest BCUT2D eigenvalue weighted by Gasteiger charge is -2.38. The van der Waals surface area contributed by atoms with Crippen molar-refractivity contribution in [2.45, 2.75) is 44.6 Å². The van der Waals surface area contributed by atoms with Crippen LogP contribution in [0.3, 0.4) is 0 Å². The van der Waals surface area contributed by atoms with Crippen LogP contribution in [0.5, 0.6) is 0 Å². The average molecular weight is 315 g/mol. The number of hydrogen-bond donors (Lipinski definition) is 1. The number of carbonyl (C=O) groups is 1. The summed E-state index contributed by atoms with van der Waals surface area (Å²) in [5.41, 5.74) is -0.287. The lowest BCUT2D eigenvalue weighted by Crippen LogP contribution is -2.49. The molecule has 0 bridgehead atoms. The zero-order valence-electron chi connectivity index (χ0n) is 12.9. The Kier molecular flexibility index (Phi) is 4.26. The number of carbonyl (C=O) groups excluding carboxylic acids is 1. The Labute approximate surface area is 128 Å². The maximum atomic E-state index is 14.2. The molecule has 5 nitrogen and oxygen atoms in total. The third-order valence-electron chi connectivity index (χ3n) is 3.52. The largest absolute Gasteiger partial charge is 0.444 e. The van der Waals surface area contributed by atoms with Crippen LogP contribution in [-0.4, -0.2) is 40.8 Å². The minimum atomic E-state index is -2.90. The first-order chi connectivity index (χ1) is 10.1. The van der Waals surface area contributed by atoms with E-state index in [-0.39, 0.29) is 13.1 Å². The maximum Gasteiger partial charge on any atom is 0.410 e. The average Bonchev–Trinajstić information content (AvgIpc) is 2.37. The molecule has 1 unspecified atom stereocenters. The van der Waals surface area contributed by atoms with Gasteiger partial charge in [0, 0.05) is 36.4 Å². The molecule has 1 atom stereocenters.